The van der Waals surface area contributed by atoms with Crippen LogP contribution in [0.3, 0.4) is 0 Å². The second-order valence-electron chi connectivity index (χ2n) is 9.20. The van der Waals surface area contributed by atoms with Gasteiger partial charge in [0, 0.05) is 18.4 Å². The molecule has 0 N–H and O–H groups in total. The number of carbonyl (C=O) groups excluding carboxylic acids is 2. The van der Waals surface area contributed by atoms with Gasteiger partial charge in [-0.3, -0.25) is 4.79 Å². The van der Waals surface area contributed by atoms with Gasteiger partial charge in [-0.1, -0.05) is 45.1 Å². The monoisotopic (exact) mass is 504 g/mol. The van der Waals surface area contributed by atoms with Crippen molar-refractivity contribution in [2.45, 2.75) is 110 Å². The van der Waals surface area contributed by atoms with E-state index >= 15 is 0 Å². The van der Waals surface area contributed by atoms with E-state index in [-0.39, 0.29) is 38.0 Å². The van der Waals surface area contributed by atoms with E-state index in [0.29, 0.717) is 51.4 Å². The summed E-state index contributed by atoms with van der Waals surface area (Å²) < 4.78 is 82.7. The van der Waals surface area contributed by atoms with Crippen LogP contribution in [0.25, 0.3) is 0 Å². The minimum absolute atomic E-state index is 0.0412. The lowest BCUT2D eigenvalue weighted by Gasteiger charge is -2.23. The van der Waals surface area contributed by atoms with Gasteiger partial charge in [0.1, 0.15) is 0 Å². The summed E-state index contributed by atoms with van der Waals surface area (Å²) >= 11 is 0. The zero-order chi connectivity index (χ0) is 26.3. The molecule has 0 fully saturated rings. The lowest BCUT2D eigenvalue weighted by molar-refractivity contribution is -0.154. The van der Waals surface area contributed by atoms with E-state index in [2.05, 4.69) is 6.58 Å². The van der Waals surface area contributed by atoms with E-state index in [1.54, 1.807) is 13.8 Å². The minimum atomic E-state index is -4.13. The van der Waals surface area contributed by atoms with Gasteiger partial charge in [-0.2, -0.15) is 26.3 Å². The summed E-state index contributed by atoms with van der Waals surface area (Å²) in [4.78, 5) is 24.4. The maximum absolute atomic E-state index is 12.3. The third-order valence-electron chi connectivity index (χ3n) is 5.17. The fraction of sp³-hybridized carbons (Fsp3) is 0.833. The van der Waals surface area contributed by atoms with E-state index in [1.165, 1.54) is 0 Å². The average Bonchev–Trinajstić information content (AvgIpc) is 2.69. The molecule has 4 nitrogen and oxygen atoms in total. The first-order chi connectivity index (χ1) is 15.6. The predicted molar refractivity (Wildman–Crippen MR) is 117 cm³/mol. The lowest BCUT2D eigenvalue weighted by atomic mass is 9.86. The van der Waals surface area contributed by atoms with Crippen LogP contribution >= 0.6 is 0 Å². The highest BCUT2D eigenvalue weighted by atomic mass is 19.4. The molecule has 0 saturated carbocycles. The van der Waals surface area contributed by atoms with Gasteiger partial charge in [-0.15, -0.1) is 0 Å². The van der Waals surface area contributed by atoms with E-state index in [4.69, 9.17) is 9.47 Å². The number of unbranched alkanes of at least 4 members (excludes halogenated alkanes) is 8. The Morgan fingerprint density at radius 1 is 0.647 bits per heavy atom. The first kappa shape index (κ1) is 32.3. The Bertz CT molecular complexity index is 612. The highest BCUT2D eigenvalue weighted by molar-refractivity contribution is 5.89. The highest BCUT2D eigenvalue weighted by Gasteiger charge is 2.32. The van der Waals surface area contributed by atoms with Crippen molar-refractivity contribution < 1.29 is 45.4 Å². The standard InChI is InChI=1S/C24H38F6O4/c1-19(20(31)33-16-12-8-4-6-10-14-23(25,26)27)18-22(2,3)21(32)34-17-13-9-5-7-11-15-24(28,29)30/h1,4-18H2,2-3H3. The Kier molecular flexibility index (Phi) is 15.2. The maximum atomic E-state index is 12.3. The predicted octanol–water partition coefficient (Wildman–Crippen LogP) is 7.85. The van der Waals surface area contributed by atoms with Gasteiger partial charge in [0.05, 0.1) is 18.6 Å². The first-order valence-corrected chi connectivity index (χ1v) is 11.8. The van der Waals surface area contributed by atoms with Crippen molar-refractivity contribution in [2.24, 2.45) is 5.41 Å². The molecule has 0 rings (SSSR count). The molecule has 0 bridgehead atoms. The SMILES string of the molecule is C=C(CC(C)(C)C(=O)OCCCCCCCC(F)(F)F)C(=O)OCCCCCCCC(F)(F)F. The van der Waals surface area contributed by atoms with E-state index in [0.717, 1.165) is 0 Å². The molecule has 0 saturated heterocycles. The summed E-state index contributed by atoms with van der Waals surface area (Å²) in [5, 5.41) is 0. The molecule has 0 heterocycles. The molecular formula is C24H38F6O4. The van der Waals surface area contributed by atoms with Crippen molar-refractivity contribution in [3.05, 3.63) is 12.2 Å². The van der Waals surface area contributed by atoms with Gasteiger partial charge in [-0.25, -0.2) is 4.79 Å². The molecule has 0 spiro atoms. The van der Waals surface area contributed by atoms with Crippen LogP contribution in [-0.2, 0) is 19.1 Å². The number of alkyl halides is 6. The molecular weight excluding hydrogens is 466 g/mol. The van der Waals surface area contributed by atoms with Crippen LogP contribution in [0.1, 0.15) is 97.3 Å². The number of esters is 2. The Labute approximate surface area is 198 Å². The van der Waals surface area contributed by atoms with Crippen LogP contribution in [0, 0.1) is 5.41 Å². The quantitative estimate of drug-likeness (QED) is 0.0825. The molecule has 0 aliphatic rings. The molecule has 0 aliphatic heterocycles. The van der Waals surface area contributed by atoms with Crippen LogP contribution in [0.15, 0.2) is 12.2 Å². The number of halogens is 6. The normalized spacial score (nSPS) is 12.5. The molecule has 0 aliphatic carbocycles. The van der Waals surface area contributed by atoms with Gasteiger partial charge in [-0.05, 0) is 46.0 Å². The number of hydrogen-bond acceptors (Lipinski definition) is 4. The number of carbonyl (C=O) groups is 2. The number of rotatable bonds is 18. The van der Waals surface area contributed by atoms with Crippen molar-refractivity contribution in [3.63, 3.8) is 0 Å². The van der Waals surface area contributed by atoms with Gasteiger partial charge < -0.3 is 9.47 Å². The molecule has 0 radical (unpaired) electrons. The lowest BCUT2D eigenvalue weighted by Crippen LogP contribution is -2.29. The summed E-state index contributed by atoms with van der Waals surface area (Å²) in [5.41, 5.74) is -0.877. The Morgan fingerprint density at radius 2 is 1.03 bits per heavy atom. The Hall–Kier alpha value is -1.74. The van der Waals surface area contributed by atoms with Crippen LogP contribution in [0.2, 0.25) is 0 Å². The van der Waals surface area contributed by atoms with E-state index < -0.39 is 42.5 Å². The van der Waals surface area contributed by atoms with Crippen molar-refractivity contribution in [1.82, 2.24) is 0 Å². The average molecular weight is 505 g/mol. The van der Waals surface area contributed by atoms with Gasteiger partial charge in [0.25, 0.3) is 0 Å². The van der Waals surface area contributed by atoms with Crippen molar-refractivity contribution in [1.29, 1.82) is 0 Å². The zero-order valence-electron chi connectivity index (χ0n) is 20.2. The zero-order valence-corrected chi connectivity index (χ0v) is 20.2. The fourth-order valence-corrected chi connectivity index (χ4v) is 3.22. The van der Waals surface area contributed by atoms with Crippen molar-refractivity contribution in [3.8, 4) is 0 Å². The van der Waals surface area contributed by atoms with Crippen molar-refractivity contribution >= 4 is 11.9 Å². The first-order valence-electron chi connectivity index (χ1n) is 11.8. The number of ether oxygens (including phenoxy) is 2. The molecule has 0 amide bonds. The smallest absolute Gasteiger partial charge is 0.389 e. The summed E-state index contributed by atoms with van der Waals surface area (Å²) in [5.74, 6) is -1.13. The minimum Gasteiger partial charge on any atom is -0.465 e. The third-order valence-corrected chi connectivity index (χ3v) is 5.17. The molecule has 0 atom stereocenters. The molecule has 34 heavy (non-hydrogen) atoms. The van der Waals surface area contributed by atoms with Crippen LogP contribution in [0.5, 0.6) is 0 Å². The summed E-state index contributed by atoms with van der Waals surface area (Å²) in [6.45, 7) is 7.19. The molecule has 0 aromatic heterocycles. The maximum Gasteiger partial charge on any atom is 0.389 e. The Morgan fingerprint density at radius 3 is 1.47 bits per heavy atom. The van der Waals surface area contributed by atoms with Gasteiger partial charge in [0.2, 0.25) is 0 Å². The third kappa shape index (κ3) is 18.7. The largest absolute Gasteiger partial charge is 0.465 e. The summed E-state index contributed by atoms with van der Waals surface area (Å²) in [6.07, 6.45) is -5.01. The molecule has 10 heteroatoms. The van der Waals surface area contributed by atoms with Gasteiger partial charge in [0.15, 0.2) is 0 Å². The fourth-order valence-electron chi connectivity index (χ4n) is 3.22. The molecule has 0 unspecified atom stereocenters. The second kappa shape index (κ2) is 16.0. The topological polar surface area (TPSA) is 52.6 Å². The van der Waals surface area contributed by atoms with Crippen molar-refractivity contribution in [2.75, 3.05) is 13.2 Å². The highest BCUT2D eigenvalue weighted by Crippen LogP contribution is 2.27. The second-order valence-corrected chi connectivity index (χ2v) is 9.20. The van der Waals surface area contributed by atoms with Gasteiger partial charge >= 0.3 is 24.3 Å². The van der Waals surface area contributed by atoms with E-state index in [9.17, 15) is 35.9 Å². The van der Waals surface area contributed by atoms with Crippen LogP contribution < -0.4 is 0 Å². The summed E-state index contributed by atoms with van der Waals surface area (Å²) in [7, 11) is 0. The molecule has 0 aromatic carbocycles. The summed E-state index contributed by atoms with van der Waals surface area (Å²) in [6, 6.07) is 0. The van der Waals surface area contributed by atoms with Crippen LogP contribution in [-0.4, -0.2) is 37.5 Å². The molecule has 0 aromatic rings. The Balaban J connectivity index is 3.94. The molecule has 200 valence electrons. The van der Waals surface area contributed by atoms with E-state index in [1.807, 2.05) is 0 Å². The number of hydrogen-bond donors (Lipinski definition) is 0. The van der Waals surface area contributed by atoms with Crippen LogP contribution in [0.4, 0.5) is 26.3 Å².